The Bertz CT molecular complexity index is 762. The molecule has 0 spiro atoms. The number of hydrogen-bond donors (Lipinski definition) is 2. The summed E-state index contributed by atoms with van der Waals surface area (Å²) < 4.78 is 11.1. The number of morpholine rings is 1. The van der Waals surface area contributed by atoms with E-state index in [9.17, 15) is 4.79 Å². The molecule has 4 rings (SSSR count). The summed E-state index contributed by atoms with van der Waals surface area (Å²) in [5.41, 5.74) is 2.87. The number of benzene rings is 2. The van der Waals surface area contributed by atoms with E-state index in [1.165, 1.54) is 0 Å². The van der Waals surface area contributed by atoms with E-state index < -0.39 is 0 Å². The summed E-state index contributed by atoms with van der Waals surface area (Å²) in [4.78, 5) is 15.0. The smallest absolute Gasteiger partial charge is 0.319 e. The maximum absolute atomic E-state index is 12.7. The molecule has 0 radical (unpaired) electrons. The molecule has 2 aliphatic rings. The highest BCUT2D eigenvalue weighted by Gasteiger charge is 2.34. The van der Waals surface area contributed by atoms with Gasteiger partial charge in [0.2, 0.25) is 0 Å². The zero-order valence-corrected chi connectivity index (χ0v) is 15.3. The molecule has 2 heterocycles. The van der Waals surface area contributed by atoms with Crippen molar-refractivity contribution in [2.24, 2.45) is 0 Å². The molecular weight excluding hydrogens is 342 g/mol. The van der Waals surface area contributed by atoms with Gasteiger partial charge in [-0.15, -0.1) is 0 Å². The largest absolute Gasteiger partial charge is 0.379 e. The number of urea groups is 1. The first-order chi connectivity index (χ1) is 13.3. The summed E-state index contributed by atoms with van der Waals surface area (Å²) in [6, 6.07) is 17.9. The van der Waals surface area contributed by atoms with Crippen molar-refractivity contribution < 1.29 is 14.3 Å². The van der Waals surface area contributed by atoms with Crippen LogP contribution in [-0.2, 0) is 9.47 Å². The Labute approximate surface area is 159 Å². The Morgan fingerprint density at radius 2 is 1.67 bits per heavy atom. The van der Waals surface area contributed by atoms with Crippen LogP contribution in [-0.4, -0.2) is 62.5 Å². The van der Waals surface area contributed by atoms with Crippen molar-refractivity contribution in [3.63, 3.8) is 0 Å². The molecule has 2 aromatic rings. The van der Waals surface area contributed by atoms with Gasteiger partial charge in [0, 0.05) is 18.7 Å². The molecule has 27 heavy (non-hydrogen) atoms. The van der Waals surface area contributed by atoms with Gasteiger partial charge in [-0.25, -0.2) is 4.79 Å². The van der Waals surface area contributed by atoms with Crippen LogP contribution in [0.1, 0.15) is 0 Å². The molecule has 2 atom stereocenters. The van der Waals surface area contributed by atoms with Crippen molar-refractivity contribution in [1.29, 1.82) is 0 Å². The average Bonchev–Trinajstić information content (AvgIpc) is 3.17. The van der Waals surface area contributed by atoms with Crippen LogP contribution in [0.2, 0.25) is 0 Å². The highest BCUT2D eigenvalue weighted by molar-refractivity contribution is 5.94. The number of rotatable bonds is 4. The summed E-state index contributed by atoms with van der Waals surface area (Å²) in [6.45, 7) is 4.41. The predicted molar refractivity (Wildman–Crippen MR) is 105 cm³/mol. The number of para-hydroxylation sites is 1. The van der Waals surface area contributed by atoms with E-state index in [1.807, 2.05) is 54.6 Å². The SMILES string of the molecule is O=C(Nc1ccccc1-c1ccccc1)NC1COCC1N1CCOCC1. The zero-order valence-electron chi connectivity index (χ0n) is 15.3. The number of hydrogen-bond acceptors (Lipinski definition) is 4. The third-order valence-electron chi connectivity index (χ3n) is 5.14. The number of nitrogens with zero attached hydrogens (tertiary/aromatic N) is 1. The minimum Gasteiger partial charge on any atom is -0.379 e. The minimum absolute atomic E-state index is 0.0213. The summed E-state index contributed by atoms with van der Waals surface area (Å²) in [7, 11) is 0. The lowest BCUT2D eigenvalue weighted by molar-refractivity contribution is 0.0113. The van der Waals surface area contributed by atoms with Gasteiger partial charge in [0.25, 0.3) is 0 Å². The van der Waals surface area contributed by atoms with Gasteiger partial charge in [0.15, 0.2) is 0 Å². The quantitative estimate of drug-likeness (QED) is 0.872. The second-order valence-electron chi connectivity index (χ2n) is 6.87. The van der Waals surface area contributed by atoms with E-state index in [2.05, 4.69) is 15.5 Å². The molecule has 6 nitrogen and oxygen atoms in total. The van der Waals surface area contributed by atoms with E-state index in [4.69, 9.17) is 9.47 Å². The molecule has 0 saturated carbocycles. The van der Waals surface area contributed by atoms with Crippen LogP contribution >= 0.6 is 0 Å². The van der Waals surface area contributed by atoms with E-state index in [0.717, 1.165) is 43.1 Å². The fraction of sp³-hybridized carbons (Fsp3) is 0.381. The third-order valence-corrected chi connectivity index (χ3v) is 5.14. The fourth-order valence-corrected chi connectivity index (χ4v) is 3.74. The van der Waals surface area contributed by atoms with Gasteiger partial charge < -0.3 is 20.1 Å². The lowest BCUT2D eigenvalue weighted by atomic mass is 10.0. The standard InChI is InChI=1S/C21H25N3O3/c25-21(23-19-14-27-15-20(19)24-10-12-26-13-11-24)22-18-9-5-4-8-17(18)16-6-2-1-3-7-16/h1-9,19-20H,10-15H2,(H2,22,23,25). The zero-order chi connectivity index (χ0) is 18.5. The van der Waals surface area contributed by atoms with Crippen LogP contribution < -0.4 is 10.6 Å². The number of ether oxygens (including phenoxy) is 2. The fourth-order valence-electron chi connectivity index (χ4n) is 3.74. The molecule has 2 aliphatic heterocycles. The number of anilines is 1. The first kappa shape index (κ1) is 18.0. The topological polar surface area (TPSA) is 62.8 Å². The van der Waals surface area contributed by atoms with Gasteiger partial charge in [-0.3, -0.25) is 4.90 Å². The summed E-state index contributed by atoms with van der Waals surface area (Å²) in [6.07, 6.45) is 0. The second-order valence-corrected chi connectivity index (χ2v) is 6.87. The van der Waals surface area contributed by atoms with E-state index >= 15 is 0 Å². The number of nitrogens with one attached hydrogen (secondary N) is 2. The van der Waals surface area contributed by atoms with Crippen molar-refractivity contribution in [2.45, 2.75) is 12.1 Å². The first-order valence-electron chi connectivity index (χ1n) is 9.43. The minimum atomic E-state index is -0.202. The van der Waals surface area contributed by atoms with Gasteiger partial charge in [-0.05, 0) is 11.6 Å². The van der Waals surface area contributed by atoms with Crippen molar-refractivity contribution in [1.82, 2.24) is 10.2 Å². The molecule has 2 amide bonds. The van der Waals surface area contributed by atoms with Gasteiger partial charge in [-0.1, -0.05) is 48.5 Å². The Morgan fingerprint density at radius 3 is 2.48 bits per heavy atom. The van der Waals surface area contributed by atoms with E-state index in [-0.39, 0.29) is 18.1 Å². The van der Waals surface area contributed by atoms with E-state index in [1.54, 1.807) is 0 Å². The Morgan fingerprint density at radius 1 is 0.926 bits per heavy atom. The van der Waals surface area contributed by atoms with Crippen molar-refractivity contribution in [3.8, 4) is 11.1 Å². The highest BCUT2D eigenvalue weighted by Crippen LogP contribution is 2.27. The second kappa shape index (κ2) is 8.52. The molecule has 2 N–H and O–H groups in total. The highest BCUT2D eigenvalue weighted by atomic mass is 16.5. The molecule has 142 valence electrons. The Kier molecular flexibility index (Phi) is 5.67. The predicted octanol–water partition coefficient (Wildman–Crippen LogP) is 2.57. The van der Waals surface area contributed by atoms with E-state index in [0.29, 0.717) is 13.2 Å². The molecule has 2 unspecified atom stereocenters. The normalized spacial score (nSPS) is 23.1. The third kappa shape index (κ3) is 4.30. The molecule has 2 aromatic carbocycles. The molecule has 2 fully saturated rings. The van der Waals surface area contributed by atoms with Gasteiger partial charge >= 0.3 is 6.03 Å². The van der Waals surface area contributed by atoms with Crippen molar-refractivity contribution in [2.75, 3.05) is 44.8 Å². The van der Waals surface area contributed by atoms with Gasteiger partial charge in [0.05, 0.1) is 44.2 Å². The van der Waals surface area contributed by atoms with Crippen LogP contribution in [0.25, 0.3) is 11.1 Å². The lowest BCUT2D eigenvalue weighted by Crippen LogP contribution is -2.54. The molecular formula is C21H25N3O3. The Balaban J connectivity index is 1.42. The van der Waals surface area contributed by atoms with Crippen LogP contribution in [0.15, 0.2) is 54.6 Å². The van der Waals surface area contributed by atoms with Crippen LogP contribution in [0.5, 0.6) is 0 Å². The summed E-state index contributed by atoms with van der Waals surface area (Å²) in [5, 5.41) is 6.11. The van der Waals surface area contributed by atoms with Crippen LogP contribution in [0.3, 0.4) is 0 Å². The van der Waals surface area contributed by atoms with Gasteiger partial charge in [-0.2, -0.15) is 0 Å². The monoisotopic (exact) mass is 367 g/mol. The first-order valence-corrected chi connectivity index (χ1v) is 9.43. The van der Waals surface area contributed by atoms with Gasteiger partial charge in [0.1, 0.15) is 0 Å². The number of amides is 2. The summed E-state index contributed by atoms with van der Waals surface area (Å²) >= 11 is 0. The molecule has 0 bridgehead atoms. The van der Waals surface area contributed by atoms with Crippen LogP contribution in [0.4, 0.5) is 10.5 Å². The average molecular weight is 367 g/mol. The molecule has 6 heteroatoms. The van der Waals surface area contributed by atoms with Crippen LogP contribution in [0, 0.1) is 0 Å². The summed E-state index contributed by atoms with van der Waals surface area (Å²) in [5.74, 6) is 0. The number of carbonyl (C=O) groups is 1. The molecule has 2 saturated heterocycles. The van der Waals surface area contributed by atoms with Crippen molar-refractivity contribution >= 4 is 11.7 Å². The Hall–Kier alpha value is -2.41. The lowest BCUT2D eigenvalue weighted by Gasteiger charge is -2.34. The van der Waals surface area contributed by atoms with Crippen molar-refractivity contribution in [3.05, 3.63) is 54.6 Å². The number of carbonyl (C=O) groups excluding carboxylic acids is 1. The maximum atomic E-state index is 12.7. The molecule has 0 aliphatic carbocycles. The maximum Gasteiger partial charge on any atom is 0.319 e. The molecule has 0 aromatic heterocycles.